The molecule has 0 spiro atoms. The van der Waals surface area contributed by atoms with Crippen molar-refractivity contribution in [2.24, 2.45) is 0 Å². The van der Waals surface area contributed by atoms with Gasteiger partial charge in [-0.2, -0.15) is 5.10 Å². The Kier molecular flexibility index (Phi) is 4.40. The summed E-state index contributed by atoms with van der Waals surface area (Å²) in [7, 11) is 0. The van der Waals surface area contributed by atoms with Crippen molar-refractivity contribution in [3.05, 3.63) is 16.6 Å². The minimum Gasteiger partial charge on any atom is -0.444 e. The number of nitrogens with zero attached hydrogens (tertiary/aromatic N) is 5. The zero-order chi connectivity index (χ0) is 18.2. The third kappa shape index (κ3) is 3.45. The molecule has 0 aromatic carbocycles. The van der Waals surface area contributed by atoms with Crippen LogP contribution in [0.25, 0.3) is 11.0 Å². The molecule has 2 aromatic rings. The highest BCUT2D eigenvalue weighted by atomic mass is 16.6. The van der Waals surface area contributed by atoms with Crippen LogP contribution in [-0.4, -0.2) is 62.5 Å². The van der Waals surface area contributed by atoms with Crippen molar-refractivity contribution in [2.45, 2.75) is 39.8 Å². The van der Waals surface area contributed by atoms with E-state index in [-0.39, 0.29) is 11.7 Å². The van der Waals surface area contributed by atoms with E-state index < -0.39 is 5.60 Å². The molecule has 9 nitrogen and oxygen atoms in total. The number of hydrogen-bond acceptors (Lipinski definition) is 6. The molecule has 136 valence electrons. The first-order valence-corrected chi connectivity index (χ1v) is 8.47. The summed E-state index contributed by atoms with van der Waals surface area (Å²) >= 11 is 0. The molecule has 2 aromatic heterocycles. The maximum Gasteiger partial charge on any atom is 0.410 e. The molecule has 9 heteroatoms. The number of piperazine rings is 1. The third-order valence-electron chi connectivity index (χ3n) is 4.07. The van der Waals surface area contributed by atoms with E-state index in [4.69, 9.17) is 4.74 Å². The summed E-state index contributed by atoms with van der Waals surface area (Å²) in [6.45, 7) is 10.5. The lowest BCUT2D eigenvalue weighted by molar-refractivity contribution is 0.0240. The zero-order valence-corrected chi connectivity index (χ0v) is 15.1. The molecule has 1 N–H and O–H groups in total. The number of carbonyl (C=O) groups is 1. The molecule has 1 fully saturated rings. The predicted octanol–water partition coefficient (Wildman–Crippen LogP) is 1.20. The van der Waals surface area contributed by atoms with E-state index in [9.17, 15) is 9.59 Å². The lowest BCUT2D eigenvalue weighted by atomic mass is 10.2. The summed E-state index contributed by atoms with van der Waals surface area (Å²) in [5, 5.41) is 6.27. The van der Waals surface area contributed by atoms with Gasteiger partial charge < -0.3 is 19.1 Å². The van der Waals surface area contributed by atoms with Crippen LogP contribution in [0.15, 0.2) is 11.0 Å². The summed E-state index contributed by atoms with van der Waals surface area (Å²) < 4.78 is 7.31. The number of hydrogen-bond donors (Lipinski definition) is 1. The fourth-order valence-corrected chi connectivity index (χ4v) is 2.95. The van der Waals surface area contributed by atoms with Crippen LogP contribution in [0.1, 0.15) is 27.7 Å². The molecule has 0 aliphatic carbocycles. The van der Waals surface area contributed by atoms with Crippen LogP contribution in [0.3, 0.4) is 0 Å². The smallest absolute Gasteiger partial charge is 0.410 e. The Balaban J connectivity index is 1.78. The Morgan fingerprint density at radius 2 is 1.96 bits per heavy atom. The van der Waals surface area contributed by atoms with Gasteiger partial charge in [-0.05, 0) is 27.7 Å². The molecule has 1 saturated heterocycles. The highest BCUT2D eigenvalue weighted by Crippen LogP contribution is 2.21. The molecule has 3 heterocycles. The Morgan fingerprint density at radius 3 is 2.56 bits per heavy atom. The van der Waals surface area contributed by atoms with Gasteiger partial charge in [0, 0.05) is 32.7 Å². The molecular formula is C16H24N6O3. The molecule has 0 unspecified atom stereocenters. The number of aromatic nitrogens is 4. The normalized spacial score (nSPS) is 15.7. The lowest BCUT2D eigenvalue weighted by Crippen LogP contribution is -2.50. The van der Waals surface area contributed by atoms with Gasteiger partial charge in [-0.15, -0.1) is 0 Å². The van der Waals surface area contributed by atoms with Gasteiger partial charge in [-0.1, -0.05) is 0 Å². The Labute approximate surface area is 145 Å². The van der Waals surface area contributed by atoms with Crippen LogP contribution in [0, 0.1) is 0 Å². The molecule has 1 aliphatic rings. The minimum atomic E-state index is -0.502. The van der Waals surface area contributed by atoms with Crippen molar-refractivity contribution in [3.8, 4) is 0 Å². The number of aryl methyl sites for hydroxylation is 1. The highest BCUT2D eigenvalue weighted by molar-refractivity contribution is 5.77. The second-order valence-electron chi connectivity index (χ2n) is 7.04. The molecule has 25 heavy (non-hydrogen) atoms. The number of imidazole rings is 1. The molecule has 1 aliphatic heterocycles. The first kappa shape index (κ1) is 17.2. The van der Waals surface area contributed by atoms with Crippen molar-refractivity contribution in [1.82, 2.24) is 24.6 Å². The number of anilines is 1. The van der Waals surface area contributed by atoms with Crippen LogP contribution < -0.4 is 10.5 Å². The van der Waals surface area contributed by atoms with Gasteiger partial charge in [0.25, 0.3) is 5.56 Å². The molecule has 0 radical (unpaired) electrons. The maximum atomic E-state index is 12.2. The van der Waals surface area contributed by atoms with E-state index in [2.05, 4.69) is 20.1 Å². The van der Waals surface area contributed by atoms with Gasteiger partial charge in [0.05, 0.1) is 6.20 Å². The number of H-pyrrole nitrogens is 1. The molecule has 0 bridgehead atoms. The summed E-state index contributed by atoms with van der Waals surface area (Å²) in [4.78, 5) is 32.6. The van der Waals surface area contributed by atoms with E-state index in [1.54, 1.807) is 11.1 Å². The summed E-state index contributed by atoms with van der Waals surface area (Å²) in [5.74, 6) is 0.736. The van der Waals surface area contributed by atoms with E-state index in [0.29, 0.717) is 43.8 Å². The number of aromatic amines is 1. The topological polar surface area (TPSA) is 96.3 Å². The average molecular weight is 348 g/mol. The number of rotatable bonds is 2. The summed E-state index contributed by atoms with van der Waals surface area (Å²) in [6.07, 6.45) is 1.26. The molecule has 1 amide bonds. The number of carbonyl (C=O) groups excluding carboxylic acids is 1. The van der Waals surface area contributed by atoms with Crippen LogP contribution in [0.4, 0.5) is 10.7 Å². The van der Waals surface area contributed by atoms with Crippen molar-refractivity contribution in [3.63, 3.8) is 0 Å². The van der Waals surface area contributed by atoms with E-state index in [1.165, 1.54) is 0 Å². The molecule has 0 atom stereocenters. The van der Waals surface area contributed by atoms with Crippen molar-refractivity contribution < 1.29 is 9.53 Å². The average Bonchev–Trinajstić information content (AvgIpc) is 2.93. The Hall–Kier alpha value is -2.58. The minimum absolute atomic E-state index is 0.245. The van der Waals surface area contributed by atoms with Gasteiger partial charge in [0.15, 0.2) is 0 Å². The molecular weight excluding hydrogens is 324 g/mol. The van der Waals surface area contributed by atoms with Gasteiger partial charge in [-0.25, -0.2) is 14.9 Å². The summed E-state index contributed by atoms with van der Waals surface area (Å²) in [5.41, 5.74) is 0.362. The van der Waals surface area contributed by atoms with Crippen LogP contribution in [-0.2, 0) is 11.3 Å². The Bertz CT molecular complexity index is 826. The first-order valence-electron chi connectivity index (χ1n) is 8.47. The van der Waals surface area contributed by atoms with Crippen molar-refractivity contribution >= 4 is 23.1 Å². The monoisotopic (exact) mass is 348 g/mol. The van der Waals surface area contributed by atoms with Gasteiger partial charge in [0.1, 0.15) is 16.6 Å². The SMILES string of the molecule is CCn1c(N2CCN(C(=O)OC(C)(C)C)CC2)nc2cn[nH]c(=O)c21. The largest absolute Gasteiger partial charge is 0.444 e. The third-order valence-corrected chi connectivity index (χ3v) is 4.07. The number of fused-ring (bicyclic) bond motifs is 1. The second-order valence-corrected chi connectivity index (χ2v) is 7.04. The summed E-state index contributed by atoms with van der Waals surface area (Å²) in [6, 6.07) is 0. The van der Waals surface area contributed by atoms with Gasteiger partial charge >= 0.3 is 6.09 Å². The second kappa shape index (κ2) is 6.38. The number of ether oxygens (including phenoxy) is 1. The van der Waals surface area contributed by atoms with Crippen molar-refractivity contribution in [1.29, 1.82) is 0 Å². The Morgan fingerprint density at radius 1 is 1.28 bits per heavy atom. The molecule has 3 rings (SSSR count). The van der Waals surface area contributed by atoms with Crippen molar-refractivity contribution in [2.75, 3.05) is 31.1 Å². The van der Waals surface area contributed by atoms with Crippen LogP contribution in [0.5, 0.6) is 0 Å². The fraction of sp³-hybridized carbons (Fsp3) is 0.625. The van der Waals surface area contributed by atoms with Crippen LogP contribution >= 0.6 is 0 Å². The quantitative estimate of drug-likeness (QED) is 0.876. The number of nitrogens with one attached hydrogen (secondary N) is 1. The highest BCUT2D eigenvalue weighted by Gasteiger charge is 2.28. The first-order chi connectivity index (χ1) is 11.8. The lowest BCUT2D eigenvalue weighted by Gasteiger charge is -2.36. The zero-order valence-electron chi connectivity index (χ0n) is 15.1. The predicted molar refractivity (Wildman–Crippen MR) is 93.8 cm³/mol. The van der Waals surface area contributed by atoms with E-state index in [1.807, 2.05) is 32.3 Å². The molecule has 0 saturated carbocycles. The fourth-order valence-electron chi connectivity index (χ4n) is 2.95. The van der Waals surface area contributed by atoms with E-state index >= 15 is 0 Å². The van der Waals surface area contributed by atoms with Gasteiger partial charge in [0.2, 0.25) is 5.95 Å². The van der Waals surface area contributed by atoms with E-state index in [0.717, 1.165) is 5.95 Å². The van der Waals surface area contributed by atoms with Gasteiger partial charge in [-0.3, -0.25) is 4.79 Å². The maximum absolute atomic E-state index is 12.2. The standard InChI is InChI=1S/C16H24N6O3/c1-5-22-12-11(10-17-19-13(12)23)18-14(22)20-6-8-21(9-7-20)15(24)25-16(2,3)4/h10H,5-9H2,1-4H3,(H,19,23). The van der Waals surface area contributed by atoms with Crippen LogP contribution in [0.2, 0.25) is 0 Å². The number of amides is 1.